The second kappa shape index (κ2) is 12.1. The summed E-state index contributed by atoms with van der Waals surface area (Å²) in [6.07, 6.45) is 2.71. The number of hydrogen-bond acceptors (Lipinski definition) is 3. The second-order valence-corrected chi connectivity index (χ2v) is 6.42. The van der Waals surface area contributed by atoms with E-state index >= 15 is 0 Å². The van der Waals surface area contributed by atoms with Crippen LogP contribution in [0, 0.1) is 0 Å². The summed E-state index contributed by atoms with van der Waals surface area (Å²) in [5, 5.41) is 6.74. The summed E-state index contributed by atoms with van der Waals surface area (Å²) in [5.74, 6) is 0.853. The summed E-state index contributed by atoms with van der Waals surface area (Å²) in [5.41, 5.74) is 3.73. The molecule has 0 aliphatic heterocycles. The Hall–Kier alpha value is -2.40. The van der Waals surface area contributed by atoms with Gasteiger partial charge in [-0.2, -0.15) is 0 Å². The maximum Gasteiger partial charge on any atom is 0.191 e. The molecule has 0 amide bonds. The van der Waals surface area contributed by atoms with Crippen LogP contribution in [0.4, 0.5) is 0 Å². The highest BCUT2D eigenvalue weighted by Crippen LogP contribution is 2.13. The van der Waals surface area contributed by atoms with Gasteiger partial charge in [-0.1, -0.05) is 44.2 Å². The van der Waals surface area contributed by atoms with Gasteiger partial charge in [-0.05, 0) is 43.3 Å². The van der Waals surface area contributed by atoms with Crippen molar-refractivity contribution < 1.29 is 0 Å². The van der Waals surface area contributed by atoms with Gasteiger partial charge in [0, 0.05) is 37.9 Å². The van der Waals surface area contributed by atoms with E-state index in [4.69, 9.17) is 4.99 Å². The Bertz CT molecular complexity index is 680. The maximum absolute atomic E-state index is 4.79. The largest absolute Gasteiger partial charge is 0.357 e. The van der Waals surface area contributed by atoms with Crippen LogP contribution in [-0.2, 0) is 19.5 Å². The van der Waals surface area contributed by atoms with Crippen LogP contribution in [0.15, 0.2) is 53.7 Å². The monoisotopic (exact) mass is 367 g/mol. The third kappa shape index (κ3) is 7.39. The smallest absolute Gasteiger partial charge is 0.191 e. The third-order valence-electron chi connectivity index (χ3n) is 4.56. The normalized spacial score (nSPS) is 11.6. The van der Waals surface area contributed by atoms with Gasteiger partial charge in [-0.3, -0.25) is 9.88 Å². The lowest BCUT2D eigenvalue weighted by Gasteiger charge is -2.20. The summed E-state index contributed by atoms with van der Waals surface area (Å²) in [7, 11) is 0. The Morgan fingerprint density at radius 2 is 1.70 bits per heavy atom. The molecule has 27 heavy (non-hydrogen) atoms. The first-order valence-corrected chi connectivity index (χ1v) is 9.98. The Morgan fingerprint density at radius 3 is 2.37 bits per heavy atom. The van der Waals surface area contributed by atoms with Gasteiger partial charge in [-0.25, -0.2) is 4.99 Å². The van der Waals surface area contributed by atoms with Crippen molar-refractivity contribution in [2.45, 2.75) is 40.3 Å². The minimum Gasteiger partial charge on any atom is -0.357 e. The number of hydrogen-bond donors (Lipinski definition) is 2. The summed E-state index contributed by atoms with van der Waals surface area (Å²) < 4.78 is 0. The number of guanidine groups is 1. The molecule has 5 nitrogen and oxygen atoms in total. The van der Waals surface area contributed by atoms with E-state index in [2.05, 4.69) is 71.6 Å². The number of nitrogens with one attached hydrogen (secondary N) is 2. The third-order valence-corrected chi connectivity index (χ3v) is 4.56. The van der Waals surface area contributed by atoms with Gasteiger partial charge in [0.1, 0.15) is 0 Å². The molecule has 0 saturated heterocycles. The molecule has 2 N–H and O–H groups in total. The fourth-order valence-electron chi connectivity index (χ4n) is 2.92. The summed E-state index contributed by atoms with van der Waals surface area (Å²) in [4.78, 5) is 11.6. The number of aliphatic imine (C=N–C) groups is 1. The number of rotatable bonds is 10. The Labute approximate surface area is 163 Å². The molecular weight excluding hydrogens is 334 g/mol. The molecule has 0 atom stereocenters. The molecule has 0 aliphatic rings. The average molecular weight is 368 g/mol. The lowest BCUT2D eigenvalue weighted by molar-refractivity contribution is 0.295. The molecule has 2 aromatic rings. The molecule has 2 rings (SSSR count). The molecule has 1 aromatic carbocycles. The molecule has 5 heteroatoms. The first-order chi connectivity index (χ1) is 13.3. The topological polar surface area (TPSA) is 52.6 Å². The van der Waals surface area contributed by atoms with E-state index in [9.17, 15) is 0 Å². The molecule has 0 spiro atoms. The Balaban J connectivity index is 1.97. The molecule has 0 saturated carbocycles. The van der Waals surface area contributed by atoms with E-state index in [0.29, 0.717) is 6.54 Å². The lowest BCUT2D eigenvalue weighted by atomic mass is 10.1. The van der Waals surface area contributed by atoms with Gasteiger partial charge in [0.2, 0.25) is 0 Å². The molecule has 146 valence electrons. The first kappa shape index (κ1) is 20.9. The lowest BCUT2D eigenvalue weighted by Crippen LogP contribution is -2.38. The van der Waals surface area contributed by atoms with Crippen molar-refractivity contribution in [3.63, 3.8) is 0 Å². The maximum atomic E-state index is 4.79. The van der Waals surface area contributed by atoms with Gasteiger partial charge in [0.25, 0.3) is 0 Å². The molecule has 0 radical (unpaired) electrons. The molecule has 0 aliphatic carbocycles. The van der Waals surface area contributed by atoms with E-state index in [1.807, 2.05) is 18.3 Å². The van der Waals surface area contributed by atoms with Crippen molar-refractivity contribution in [2.24, 2.45) is 4.99 Å². The van der Waals surface area contributed by atoms with Gasteiger partial charge in [-0.15, -0.1) is 0 Å². The predicted octanol–water partition coefficient (Wildman–Crippen LogP) is 3.22. The van der Waals surface area contributed by atoms with Crippen LogP contribution in [0.25, 0.3) is 0 Å². The quantitative estimate of drug-likeness (QED) is 0.500. The van der Waals surface area contributed by atoms with E-state index in [-0.39, 0.29) is 0 Å². The van der Waals surface area contributed by atoms with Crippen molar-refractivity contribution in [2.75, 3.05) is 26.2 Å². The molecule has 0 unspecified atom stereocenters. The molecule has 0 fully saturated rings. The van der Waals surface area contributed by atoms with Crippen molar-refractivity contribution in [3.8, 4) is 0 Å². The van der Waals surface area contributed by atoms with Gasteiger partial charge < -0.3 is 10.6 Å². The van der Waals surface area contributed by atoms with Crippen molar-refractivity contribution in [3.05, 3.63) is 65.5 Å². The highest BCUT2D eigenvalue weighted by molar-refractivity contribution is 5.79. The van der Waals surface area contributed by atoms with E-state index < -0.39 is 0 Å². The molecule has 1 aromatic heterocycles. The second-order valence-electron chi connectivity index (χ2n) is 6.42. The summed E-state index contributed by atoms with van der Waals surface area (Å²) in [6.45, 7) is 11.9. The number of nitrogens with zero attached hydrogens (tertiary/aromatic N) is 3. The minimum absolute atomic E-state index is 0.677. The number of aromatic nitrogens is 1. The Kier molecular flexibility index (Phi) is 9.35. The fraction of sp³-hybridized carbons (Fsp3) is 0.455. The Morgan fingerprint density at radius 1 is 0.963 bits per heavy atom. The fourth-order valence-corrected chi connectivity index (χ4v) is 2.92. The average Bonchev–Trinajstić information content (AvgIpc) is 2.71. The molecule has 1 heterocycles. The number of pyridine rings is 1. The van der Waals surface area contributed by atoms with Gasteiger partial charge in [0.05, 0.1) is 6.54 Å². The summed E-state index contributed by atoms with van der Waals surface area (Å²) in [6, 6.07) is 14.6. The van der Waals surface area contributed by atoms with Gasteiger partial charge >= 0.3 is 0 Å². The highest BCUT2D eigenvalue weighted by Gasteiger charge is 2.06. The first-order valence-electron chi connectivity index (χ1n) is 9.98. The van der Waals surface area contributed by atoms with Crippen LogP contribution in [0.1, 0.15) is 37.6 Å². The van der Waals surface area contributed by atoms with Crippen molar-refractivity contribution in [1.29, 1.82) is 0 Å². The highest BCUT2D eigenvalue weighted by atomic mass is 15.2. The van der Waals surface area contributed by atoms with E-state index in [1.54, 1.807) is 0 Å². The van der Waals surface area contributed by atoms with Crippen molar-refractivity contribution in [1.82, 2.24) is 20.5 Å². The predicted molar refractivity (Wildman–Crippen MR) is 114 cm³/mol. The van der Waals surface area contributed by atoms with Crippen LogP contribution < -0.4 is 10.6 Å². The van der Waals surface area contributed by atoms with Crippen LogP contribution in [0.3, 0.4) is 0 Å². The molecule has 0 bridgehead atoms. The SMILES string of the molecule is CCNC(=NCc1ccccc1CN(CC)CC)NCCc1ccccn1. The number of benzene rings is 1. The van der Waals surface area contributed by atoms with E-state index in [1.165, 1.54) is 11.1 Å². The standard InChI is InChI=1S/C22H33N5/c1-4-23-22(25-16-14-21-13-9-10-15-24-21)26-17-19-11-7-8-12-20(19)18-27(5-2)6-3/h7-13,15H,4-6,14,16-18H2,1-3H3,(H2,23,25,26). The van der Waals surface area contributed by atoms with Crippen LogP contribution in [0.5, 0.6) is 0 Å². The van der Waals surface area contributed by atoms with Crippen LogP contribution >= 0.6 is 0 Å². The van der Waals surface area contributed by atoms with Crippen LogP contribution in [0.2, 0.25) is 0 Å². The minimum atomic E-state index is 0.677. The van der Waals surface area contributed by atoms with E-state index in [0.717, 1.165) is 50.8 Å². The zero-order valence-corrected chi connectivity index (χ0v) is 16.9. The zero-order valence-electron chi connectivity index (χ0n) is 16.9. The van der Waals surface area contributed by atoms with Gasteiger partial charge in [0.15, 0.2) is 5.96 Å². The molecular formula is C22H33N5. The van der Waals surface area contributed by atoms with Crippen molar-refractivity contribution >= 4 is 5.96 Å². The summed E-state index contributed by atoms with van der Waals surface area (Å²) >= 11 is 0. The zero-order chi connectivity index (χ0) is 19.3. The van der Waals surface area contributed by atoms with Crippen LogP contribution in [-0.4, -0.2) is 42.0 Å².